The SMILES string of the molecule is Cc1ccc(N2C[C@H](NC(=O)N[C@H](C)c3ccccc3)CC2=O)cc1. The number of aryl methyl sites for hydroxylation is 1. The largest absolute Gasteiger partial charge is 0.333 e. The number of nitrogens with one attached hydrogen (secondary N) is 2. The van der Waals surface area contributed by atoms with Gasteiger partial charge in [0.2, 0.25) is 5.91 Å². The predicted octanol–water partition coefficient (Wildman–Crippen LogP) is 3.16. The maximum atomic E-state index is 12.2. The van der Waals surface area contributed by atoms with Crippen molar-refractivity contribution in [3.63, 3.8) is 0 Å². The van der Waals surface area contributed by atoms with Crippen LogP contribution in [0.5, 0.6) is 0 Å². The van der Waals surface area contributed by atoms with Crippen molar-refractivity contribution in [1.29, 1.82) is 0 Å². The summed E-state index contributed by atoms with van der Waals surface area (Å²) in [5.41, 5.74) is 3.07. The molecule has 0 aromatic heterocycles. The fraction of sp³-hybridized carbons (Fsp3) is 0.300. The molecule has 0 unspecified atom stereocenters. The minimum atomic E-state index is -0.250. The molecule has 2 N–H and O–H groups in total. The molecule has 1 heterocycles. The standard InChI is InChI=1S/C20H23N3O2/c1-14-8-10-18(11-9-14)23-13-17(12-19(23)24)22-20(25)21-15(2)16-6-4-3-5-7-16/h3-11,15,17H,12-13H2,1-2H3,(H2,21,22,25)/t15-,17-/m1/s1. The molecule has 2 aromatic rings. The number of hydrogen-bond donors (Lipinski definition) is 2. The van der Waals surface area contributed by atoms with Crippen LogP contribution in [0.2, 0.25) is 0 Å². The average Bonchev–Trinajstić information content (AvgIpc) is 2.96. The Kier molecular flexibility index (Phi) is 5.03. The lowest BCUT2D eigenvalue weighted by Gasteiger charge is -2.19. The summed E-state index contributed by atoms with van der Waals surface area (Å²) < 4.78 is 0. The van der Waals surface area contributed by atoms with Gasteiger partial charge in [0.1, 0.15) is 0 Å². The Bertz CT molecular complexity index is 743. The van der Waals surface area contributed by atoms with Gasteiger partial charge in [0.15, 0.2) is 0 Å². The first-order valence-corrected chi connectivity index (χ1v) is 8.52. The van der Waals surface area contributed by atoms with Crippen molar-refractivity contribution in [3.8, 4) is 0 Å². The number of hydrogen-bond acceptors (Lipinski definition) is 2. The molecule has 2 aromatic carbocycles. The van der Waals surface area contributed by atoms with Gasteiger partial charge in [-0.2, -0.15) is 0 Å². The number of carbonyl (C=O) groups excluding carboxylic acids is 2. The number of carbonyl (C=O) groups is 2. The molecule has 1 fully saturated rings. The summed E-state index contributed by atoms with van der Waals surface area (Å²) in [6.45, 7) is 4.44. The van der Waals surface area contributed by atoms with Crippen LogP contribution in [0.1, 0.15) is 30.5 Å². The van der Waals surface area contributed by atoms with E-state index in [9.17, 15) is 9.59 Å². The molecule has 1 aliphatic rings. The molecule has 1 aliphatic heterocycles. The highest BCUT2D eigenvalue weighted by Gasteiger charge is 2.31. The molecule has 0 aliphatic carbocycles. The van der Waals surface area contributed by atoms with Crippen molar-refractivity contribution in [2.45, 2.75) is 32.4 Å². The Balaban J connectivity index is 1.56. The third-order valence-corrected chi connectivity index (χ3v) is 4.45. The first kappa shape index (κ1) is 17.0. The Morgan fingerprint density at radius 3 is 2.48 bits per heavy atom. The Morgan fingerprint density at radius 2 is 1.80 bits per heavy atom. The van der Waals surface area contributed by atoms with E-state index < -0.39 is 0 Å². The Morgan fingerprint density at radius 1 is 1.12 bits per heavy atom. The van der Waals surface area contributed by atoms with E-state index in [1.165, 1.54) is 0 Å². The van der Waals surface area contributed by atoms with E-state index in [-0.39, 0.29) is 24.0 Å². The van der Waals surface area contributed by atoms with Crippen LogP contribution in [-0.2, 0) is 4.79 Å². The summed E-state index contributed by atoms with van der Waals surface area (Å²) in [7, 11) is 0. The molecule has 2 atom stereocenters. The van der Waals surface area contributed by atoms with Crippen LogP contribution >= 0.6 is 0 Å². The summed E-state index contributed by atoms with van der Waals surface area (Å²) in [4.78, 5) is 26.2. The van der Waals surface area contributed by atoms with E-state index in [2.05, 4.69) is 10.6 Å². The maximum absolute atomic E-state index is 12.2. The van der Waals surface area contributed by atoms with Gasteiger partial charge in [0.25, 0.3) is 0 Å². The second-order valence-electron chi connectivity index (χ2n) is 6.49. The highest BCUT2D eigenvalue weighted by molar-refractivity contribution is 5.96. The van der Waals surface area contributed by atoms with E-state index in [0.717, 1.165) is 16.8 Å². The summed E-state index contributed by atoms with van der Waals surface area (Å²) in [6, 6.07) is 17.1. The third-order valence-electron chi connectivity index (χ3n) is 4.45. The Labute approximate surface area is 148 Å². The van der Waals surface area contributed by atoms with Crippen LogP contribution in [0, 0.1) is 6.92 Å². The summed E-state index contributed by atoms with van der Waals surface area (Å²) >= 11 is 0. The van der Waals surface area contributed by atoms with Crippen LogP contribution in [-0.4, -0.2) is 24.5 Å². The molecule has 5 heteroatoms. The minimum Gasteiger partial charge on any atom is -0.333 e. The second-order valence-corrected chi connectivity index (χ2v) is 6.49. The molecular weight excluding hydrogens is 314 g/mol. The molecule has 5 nitrogen and oxygen atoms in total. The van der Waals surface area contributed by atoms with Crippen LogP contribution in [0.15, 0.2) is 54.6 Å². The first-order valence-electron chi connectivity index (χ1n) is 8.52. The number of rotatable bonds is 4. The van der Waals surface area contributed by atoms with E-state index in [4.69, 9.17) is 0 Å². The van der Waals surface area contributed by atoms with Crippen molar-refractivity contribution in [3.05, 3.63) is 65.7 Å². The number of urea groups is 1. The van der Waals surface area contributed by atoms with Crippen LogP contribution in [0.4, 0.5) is 10.5 Å². The van der Waals surface area contributed by atoms with E-state index >= 15 is 0 Å². The monoisotopic (exact) mass is 337 g/mol. The lowest BCUT2D eigenvalue weighted by atomic mass is 10.1. The fourth-order valence-corrected chi connectivity index (χ4v) is 3.03. The van der Waals surface area contributed by atoms with Gasteiger partial charge in [-0.3, -0.25) is 4.79 Å². The lowest BCUT2D eigenvalue weighted by molar-refractivity contribution is -0.117. The van der Waals surface area contributed by atoms with Gasteiger partial charge in [-0.05, 0) is 31.5 Å². The van der Waals surface area contributed by atoms with Crippen LogP contribution in [0.25, 0.3) is 0 Å². The van der Waals surface area contributed by atoms with Gasteiger partial charge in [-0.25, -0.2) is 4.79 Å². The minimum absolute atomic E-state index is 0.0326. The summed E-state index contributed by atoms with van der Waals surface area (Å²) in [5.74, 6) is 0.0326. The van der Waals surface area contributed by atoms with Crippen molar-refractivity contribution in [1.82, 2.24) is 10.6 Å². The van der Waals surface area contributed by atoms with Gasteiger partial charge in [-0.15, -0.1) is 0 Å². The summed E-state index contributed by atoms with van der Waals surface area (Å²) in [6.07, 6.45) is 0.320. The number of nitrogens with zero attached hydrogens (tertiary/aromatic N) is 1. The maximum Gasteiger partial charge on any atom is 0.315 e. The average molecular weight is 337 g/mol. The quantitative estimate of drug-likeness (QED) is 0.900. The third kappa shape index (κ3) is 4.18. The molecule has 3 amide bonds. The fourth-order valence-electron chi connectivity index (χ4n) is 3.03. The van der Waals surface area contributed by atoms with Crippen molar-refractivity contribution >= 4 is 17.6 Å². The van der Waals surface area contributed by atoms with Gasteiger partial charge in [0, 0.05) is 18.7 Å². The van der Waals surface area contributed by atoms with Crippen molar-refractivity contribution in [2.75, 3.05) is 11.4 Å². The van der Waals surface area contributed by atoms with Gasteiger partial charge in [0.05, 0.1) is 12.1 Å². The highest BCUT2D eigenvalue weighted by atomic mass is 16.2. The predicted molar refractivity (Wildman–Crippen MR) is 98.5 cm³/mol. The lowest BCUT2D eigenvalue weighted by Crippen LogP contribution is -2.44. The van der Waals surface area contributed by atoms with Crippen LogP contribution in [0.3, 0.4) is 0 Å². The van der Waals surface area contributed by atoms with Gasteiger partial charge in [-0.1, -0.05) is 48.0 Å². The van der Waals surface area contributed by atoms with E-state index in [1.54, 1.807) is 4.90 Å². The zero-order chi connectivity index (χ0) is 17.8. The molecule has 1 saturated heterocycles. The van der Waals surface area contributed by atoms with Gasteiger partial charge < -0.3 is 15.5 Å². The molecule has 3 rings (SSSR count). The number of benzene rings is 2. The molecule has 25 heavy (non-hydrogen) atoms. The molecule has 0 spiro atoms. The zero-order valence-corrected chi connectivity index (χ0v) is 14.5. The number of amides is 3. The van der Waals surface area contributed by atoms with Crippen LogP contribution < -0.4 is 15.5 Å². The molecule has 0 saturated carbocycles. The van der Waals surface area contributed by atoms with Gasteiger partial charge >= 0.3 is 6.03 Å². The zero-order valence-electron chi connectivity index (χ0n) is 14.5. The highest BCUT2D eigenvalue weighted by Crippen LogP contribution is 2.22. The molecule has 0 radical (unpaired) electrons. The summed E-state index contributed by atoms with van der Waals surface area (Å²) in [5, 5.41) is 5.83. The van der Waals surface area contributed by atoms with E-state index in [0.29, 0.717) is 13.0 Å². The second kappa shape index (κ2) is 7.38. The number of anilines is 1. The topological polar surface area (TPSA) is 61.4 Å². The smallest absolute Gasteiger partial charge is 0.315 e. The van der Waals surface area contributed by atoms with E-state index in [1.807, 2.05) is 68.4 Å². The molecule has 0 bridgehead atoms. The Hall–Kier alpha value is -2.82. The van der Waals surface area contributed by atoms with Crippen molar-refractivity contribution < 1.29 is 9.59 Å². The molecule has 130 valence electrons. The van der Waals surface area contributed by atoms with Crippen molar-refractivity contribution in [2.24, 2.45) is 0 Å². The molecular formula is C20H23N3O2. The normalized spacial score (nSPS) is 18.1. The first-order chi connectivity index (χ1) is 12.0.